The quantitative estimate of drug-likeness (QED) is 0.656. The van der Waals surface area contributed by atoms with Gasteiger partial charge in [0.05, 0.1) is 12.0 Å². The van der Waals surface area contributed by atoms with Gasteiger partial charge in [-0.2, -0.15) is 0 Å². The van der Waals surface area contributed by atoms with Gasteiger partial charge in [0, 0.05) is 12.1 Å². The lowest BCUT2D eigenvalue weighted by atomic mass is 9.95. The first-order valence-electron chi connectivity index (χ1n) is 5.87. The molecule has 1 N–H and O–H groups in total. The molecule has 0 aromatic carbocycles. The molecule has 1 heterocycles. The predicted octanol–water partition coefficient (Wildman–Crippen LogP) is 3.87. The molecule has 0 aliphatic carbocycles. The van der Waals surface area contributed by atoms with Crippen molar-refractivity contribution in [2.45, 2.75) is 58.3 Å². The Bertz CT molecular complexity index is 216. The molecule has 1 rings (SSSR count). The summed E-state index contributed by atoms with van der Waals surface area (Å²) in [5.41, 5.74) is 1.24. The minimum Gasteiger partial charge on any atom is -0.351 e. The molecule has 0 fully saturated rings. The molecule has 1 aromatic heterocycles. The van der Waals surface area contributed by atoms with Crippen molar-refractivity contribution in [1.29, 1.82) is 0 Å². The Morgan fingerprint density at radius 3 is 2.71 bits per heavy atom. The Morgan fingerprint density at radius 1 is 1.29 bits per heavy atom. The maximum atomic E-state index is 4.33. The fraction of sp³-hybridized carbons (Fsp3) is 0.750. The Labute approximate surface area is 87.1 Å². The van der Waals surface area contributed by atoms with E-state index in [2.05, 4.69) is 23.8 Å². The van der Waals surface area contributed by atoms with E-state index in [-0.39, 0.29) is 0 Å². The van der Waals surface area contributed by atoms with Crippen LogP contribution in [0.3, 0.4) is 0 Å². The normalized spacial score (nSPS) is 13.0. The predicted molar refractivity (Wildman–Crippen MR) is 60.4 cm³/mol. The number of imidazole rings is 1. The highest BCUT2D eigenvalue weighted by atomic mass is 14.9. The minimum absolute atomic E-state index is 0.665. The van der Waals surface area contributed by atoms with Crippen LogP contribution in [0.2, 0.25) is 0 Å². The second-order valence-corrected chi connectivity index (χ2v) is 3.95. The van der Waals surface area contributed by atoms with Crippen LogP contribution in [-0.4, -0.2) is 9.97 Å². The fourth-order valence-corrected chi connectivity index (χ4v) is 1.87. The number of hydrogen-bond donors (Lipinski definition) is 1. The molecular weight excluding hydrogens is 172 g/mol. The summed E-state index contributed by atoms with van der Waals surface area (Å²) in [5.74, 6) is 0.665. The minimum atomic E-state index is 0.665. The lowest BCUT2D eigenvalue weighted by molar-refractivity contribution is 0.535. The summed E-state index contributed by atoms with van der Waals surface area (Å²) in [7, 11) is 0. The van der Waals surface area contributed by atoms with Crippen LogP contribution in [0, 0.1) is 0 Å². The van der Waals surface area contributed by atoms with Crippen LogP contribution >= 0.6 is 0 Å². The highest BCUT2D eigenvalue weighted by molar-refractivity contribution is 5.02. The summed E-state index contributed by atoms with van der Waals surface area (Å²) < 4.78 is 0. The van der Waals surface area contributed by atoms with Gasteiger partial charge in [-0.25, -0.2) is 4.98 Å². The van der Waals surface area contributed by atoms with E-state index in [1.165, 1.54) is 44.2 Å². The summed E-state index contributed by atoms with van der Waals surface area (Å²) in [6.45, 7) is 4.50. The zero-order valence-electron chi connectivity index (χ0n) is 9.42. The second-order valence-electron chi connectivity index (χ2n) is 3.95. The van der Waals surface area contributed by atoms with E-state index in [1.807, 2.05) is 6.20 Å². The average Bonchev–Trinajstić information content (AvgIpc) is 2.71. The Balaban J connectivity index is 2.26. The first-order chi connectivity index (χ1) is 6.88. The van der Waals surface area contributed by atoms with Crippen LogP contribution in [0.1, 0.15) is 64.0 Å². The van der Waals surface area contributed by atoms with Crippen LogP contribution in [0.4, 0.5) is 0 Å². The first-order valence-corrected chi connectivity index (χ1v) is 5.87. The van der Waals surface area contributed by atoms with Crippen molar-refractivity contribution in [2.24, 2.45) is 0 Å². The number of hydrogen-bond acceptors (Lipinski definition) is 1. The molecule has 1 aromatic rings. The van der Waals surface area contributed by atoms with Crippen molar-refractivity contribution in [3.8, 4) is 0 Å². The smallest absolute Gasteiger partial charge is 0.0923 e. The molecule has 0 radical (unpaired) electrons. The third kappa shape index (κ3) is 3.52. The topological polar surface area (TPSA) is 28.7 Å². The van der Waals surface area contributed by atoms with E-state index < -0.39 is 0 Å². The molecule has 0 bridgehead atoms. The third-order valence-electron chi connectivity index (χ3n) is 2.84. The molecule has 0 amide bonds. The first kappa shape index (κ1) is 11.3. The van der Waals surface area contributed by atoms with Crippen LogP contribution in [0.15, 0.2) is 12.5 Å². The molecule has 0 aliphatic rings. The molecule has 0 aliphatic heterocycles. The van der Waals surface area contributed by atoms with Crippen LogP contribution in [-0.2, 0) is 0 Å². The number of aromatic nitrogens is 2. The largest absolute Gasteiger partial charge is 0.351 e. The fourth-order valence-electron chi connectivity index (χ4n) is 1.87. The molecule has 80 valence electrons. The van der Waals surface area contributed by atoms with Gasteiger partial charge in [-0.05, 0) is 12.8 Å². The van der Waals surface area contributed by atoms with Gasteiger partial charge in [0.15, 0.2) is 0 Å². The summed E-state index contributed by atoms with van der Waals surface area (Å²) in [5, 5.41) is 0. The zero-order chi connectivity index (χ0) is 10.2. The summed E-state index contributed by atoms with van der Waals surface area (Å²) in [6.07, 6.45) is 11.7. The van der Waals surface area contributed by atoms with Crippen LogP contribution < -0.4 is 0 Å². The van der Waals surface area contributed by atoms with Crippen LogP contribution in [0.5, 0.6) is 0 Å². The van der Waals surface area contributed by atoms with Gasteiger partial charge in [-0.15, -0.1) is 0 Å². The summed E-state index contributed by atoms with van der Waals surface area (Å²) in [6, 6.07) is 0. The number of rotatable bonds is 7. The van der Waals surface area contributed by atoms with Crippen LogP contribution in [0.25, 0.3) is 0 Å². The standard InChI is InChI=1S/C12H22N2/c1-3-5-6-7-8-11(4-2)12-9-13-10-14-12/h9-11H,3-8H2,1-2H3,(H,13,14). The van der Waals surface area contributed by atoms with Crippen molar-refractivity contribution in [3.63, 3.8) is 0 Å². The van der Waals surface area contributed by atoms with E-state index >= 15 is 0 Å². The van der Waals surface area contributed by atoms with E-state index in [9.17, 15) is 0 Å². The number of nitrogens with one attached hydrogen (secondary N) is 1. The highest BCUT2D eigenvalue weighted by Gasteiger charge is 2.10. The van der Waals surface area contributed by atoms with Gasteiger partial charge in [-0.1, -0.05) is 39.5 Å². The lowest BCUT2D eigenvalue weighted by Gasteiger charge is -2.11. The van der Waals surface area contributed by atoms with Crippen molar-refractivity contribution in [1.82, 2.24) is 9.97 Å². The molecule has 14 heavy (non-hydrogen) atoms. The van der Waals surface area contributed by atoms with E-state index in [0.29, 0.717) is 5.92 Å². The third-order valence-corrected chi connectivity index (χ3v) is 2.84. The van der Waals surface area contributed by atoms with Crippen molar-refractivity contribution < 1.29 is 0 Å². The maximum absolute atomic E-state index is 4.33. The lowest BCUT2D eigenvalue weighted by Crippen LogP contribution is -1.97. The molecule has 0 spiro atoms. The van der Waals surface area contributed by atoms with E-state index in [4.69, 9.17) is 0 Å². The van der Waals surface area contributed by atoms with Crippen molar-refractivity contribution >= 4 is 0 Å². The molecule has 1 atom stereocenters. The van der Waals surface area contributed by atoms with Gasteiger partial charge >= 0.3 is 0 Å². The summed E-state index contributed by atoms with van der Waals surface area (Å²) >= 11 is 0. The number of unbranched alkanes of at least 4 members (excludes halogenated alkanes) is 3. The van der Waals surface area contributed by atoms with Gasteiger partial charge < -0.3 is 4.98 Å². The number of aromatic amines is 1. The van der Waals surface area contributed by atoms with Crippen molar-refractivity contribution in [2.75, 3.05) is 0 Å². The molecule has 0 saturated heterocycles. The Morgan fingerprint density at radius 2 is 2.14 bits per heavy atom. The van der Waals surface area contributed by atoms with Gasteiger partial charge in [0.1, 0.15) is 0 Å². The summed E-state index contributed by atoms with van der Waals surface area (Å²) in [4.78, 5) is 7.37. The Hall–Kier alpha value is -0.790. The molecule has 2 nitrogen and oxygen atoms in total. The monoisotopic (exact) mass is 194 g/mol. The van der Waals surface area contributed by atoms with E-state index in [1.54, 1.807) is 6.33 Å². The van der Waals surface area contributed by atoms with Gasteiger partial charge in [0.2, 0.25) is 0 Å². The SMILES string of the molecule is CCCCCCC(CC)c1c[nH]cn1. The molecule has 1 unspecified atom stereocenters. The number of nitrogens with zero attached hydrogens (tertiary/aromatic N) is 1. The maximum Gasteiger partial charge on any atom is 0.0923 e. The molecular formula is C12H22N2. The van der Waals surface area contributed by atoms with Gasteiger partial charge in [0.25, 0.3) is 0 Å². The van der Waals surface area contributed by atoms with Gasteiger partial charge in [-0.3, -0.25) is 0 Å². The average molecular weight is 194 g/mol. The van der Waals surface area contributed by atoms with E-state index in [0.717, 1.165) is 0 Å². The Kier molecular flexibility index (Phi) is 5.35. The second kappa shape index (κ2) is 6.63. The zero-order valence-corrected chi connectivity index (χ0v) is 9.42. The molecule has 2 heteroatoms. The number of H-pyrrole nitrogens is 1. The highest BCUT2D eigenvalue weighted by Crippen LogP contribution is 2.23. The van der Waals surface area contributed by atoms with Crippen molar-refractivity contribution in [3.05, 3.63) is 18.2 Å². The molecule has 0 saturated carbocycles.